The van der Waals surface area contributed by atoms with Gasteiger partial charge in [-0.15, -0.1) is 0 Å². The fourth-order valence-electron chi connectivity index (χ4n) is 1.54. The van der Waals surface area contributed by atoms with Crippen LogP contribution in [0.1, 0.15) is 18.1 Å². The van der Waals surface area contributed by atoms with Gasteiger partial charge in [0, 0.05) is 19.6 Å². The van der Waals surface area contributed by atoms with Crippen molar-refractivity contribution in [3.8, 4) is 0 Å². The summed E-state index contributed by atoms with van der Waals surface area (Å²) < 4.78 is 25.5. The van der Waals surface area contributed by atoms with Gasteiger partial charge in [-0.25, -0.2) is 12.7 Å². The first-order valence-corrected chi connectivity index (χ1v) is 7.19. The molecule has 17 heavy (non-hydrogen) atoms. The second-order valence-electron chi connectivity index (χ2n) is 4.35. The van der Waals surface area contributed by atoms with Crippen molar-refractivity contribution < 1.29 is 8.42 Å². The lowest BCUT2D eigenvalue weighted by Gasteiger charge is -2.23. The Morgan fingerprint density at radius 2 is 2.06 bits per heavy atom. The molecule has 0 heterocycles. The molecule has 2 N–H and O–H groups in total. The molecule has 0 fully saturated rings. The van der Waals surface area contributed by atoms with Crippen LogP contribution in [-0.4, -0.2) is 32.4 Å². The van der Waals surface area contributed by atoms with Crippen LogP contribution in [0.2, 0.25) is 0 Å². The normalized spacial score (nSPS) is 13.9. The summed E-state index contributed by atoms with van der Waals surface area (Å²) in [6.45, 7) is 4.07. The molecule has 5 heteroatoms. The molecule has 0 amide bonds. The first-order chi connectivity index (χ1) is 7.86. The van der Waals surface area contributed by atoms with Crippen molar-refractivity contribution >= 4 is 10.0 Å². The molecule has 1 unspecified atom stereocenters. The summed E-state index contributed by atoms with van der Waals surface area (Å²) in [6, 6.07) is 7.35. The van der Waals surface area contributed by atoms with E-state index in [0.29, 0.717) is 6.54 Å². The number of hydrogen-bond donors (Lipinski definition) is 1. The average molecular weight is 256 g/mol. The average Bonchev–Trinajstić information content (AvgIpc) is 2.26. The molecular weight excluding hydrogens is 236 g/mol. The summed E-state index contributed by atoms with van der Waals surface area (Å²) in [4.78, 5) is 0. The Hall–Kier alpha value is -0.910. The van der Waals surface area contributed by atoms with E-state index in [0.717, 1.165) is 11.1 Å². The molecule has 4 nitrogen and oxygen atoms in total. The zero-order valence-corrected chi connectivity index (χ0v) is 11.4. The van der Waals surface area contributed by atoms with E-state index in [2.05, 4.69) is 0 Å². The van der Waals surface area contributed by atoms with E-state index in [1.807, 2.05) is 31.2 Å². The Kier molecular flexibility index (Phi) is 4.68. The van der Waals surface area contributed by atoms with E-state index in [9.17, 15) is 8.42 Å². The largest absolute Gasteiger partial charge is 0.329 e. The number of sulfonamides is 1. The highest BCUT2D eigenvalue weighted by atomic mass is 32.2. The Bertz CT molecular complexity index is 471. The maximum absolute atomic E-state index is 12.1. The van der Waals surface area contributed by atoms with Gasteiger partial charge < -0.3 is 5.73 Å². The zero-order chi connectivity index (χ0) is 13.1. The SMILES string of the molecule is Cc1cccc(CS(=O)(=O)N(C)C(C)CN)c1. The third kappa shape index (κ3) is 3.80. The molecule has 0 spiro atoms. The van der Waals surface area contributed by atoms with Gasteiger partial charge in [0.25, 0.3) is 0 Å². The molecule has 0 aliphatic rings. The number of nitrogens with two attached hydrogens (primary N) is 1. The number of likely N-dealkylation sites (N-methyl/N-ethyl adjacent to an activating group) is 1. The van der Waals surface area contributed by atoms with Gasteiger partial charge in [-0.2, -0.15) is 0 Å². The standard InChI is InChI=1S/C12H20N2O2S/c1-10-5-4-6-12(7-10)9-17(15,16)14(3)11(2)8-13/h4-7,11H,8-9,13H2,1-3H3. The summed E-state index contributed by atoms with van der Waals surface area (Å²) >= 11 is 0. The minimum absolute atomic E-state index is 0.0233. The molecule has 1 aromatic carbocycles. The fraction of sp³-hybridized carbons (Fsp3) is 0.500. The Labute approximate surface area is 103 Å². The van der Waals surface area contributed by atoms with Crippen LogP contribution in [0.5, 0.6) is 0 Å². The lowest BCUT2D eigenvalue weighted by Crippen LogP contribution is -2.40. The van der Waals surface area contributed by atoms with Crippen LogP contribution in [0.15, 0.2) is 24.3 Å². The molecule has 0 saturated heterocycles. The maximum Gasteiger partial charge on any atom is 0.218 e. The monoisotopic (exact) mass is 256 g/mol. The van der Waals surface area contributed by atoms with Crippen molar-refractivity contribution in [2.24, 2.45) is 5.73 Å². The van der Waals surface area contributed by atoms with E-state index in [1.54, 1.807) is 14.0 Å². The highest BCUT2D eigenvalue weighted by Crippen LogP contribution is 2.13. The number of aryl methyl sites for hydroxylation is 1. The van der Waals surface area contributed by atoms with Crippen molar-refractivity contribution in [3.05, 3.63) is 35.4 Å². The Morgan fingerprint density at radius 1 is 1.41 bits per heavy atom. The van der Waals surface area contributed by atoms with Crippen molar-refractivity contribution in [2.75, 3.05) is 13.6 Å². The van der Waals surface area contributed by atoms with Gasteiger partial charge in [0.2, 0.25) is 10.0 Å². The first kappa shape index (κ1) is 14.2. The Morgan fingerprint density at radius 3 is 2.59 bits per heavy atom. The van der Waals surface area contributed by atoms with Gasteiger partial charge in [0.15, 0.2) is 0 Å². The van der Waals surface area contributed by atoms with Gasteiger partial charge in [0.05, 0.1) is 5.75 Å². The molecule has 1 atom stereocenters. The number of hydrogen-bond acceptors (Lipinski definition) is 3. The molecule has 0 bridgehead atoms. The van der Waals surface area contributed by atoms with Crippen LogP contribution in [0, 0.1) is 6.92 Å². The van der Waals surface area contributed by atoms with Gasteiger partial charge in [-0.05, 0) is 19.4 Å². The highest BCUT2D eigenvalue weighted by molar-refractivity contribution is 7.88. The van der Waals surface area contributed by atoms with E-state index in [-0.39, 0.29) is 11.8 Å². The van der Waals surface area contributed by atoms with Crippen LogP contribution in [0.4, 0.5) is 0 Å². The van der Waals surface area contributed by atoms with Gasteiger partial charge in [0.1, 0.15) is 0 Å². The highest BCUT2D eigenvalue weighted by Gasteiger charge is 2.22. The van der Waals surface area contributed by atoms with Crippen LogP contribution >= 0.6 is 0 Å². The molecule has 0 radical (unpaired) electrons. The summed E-state index contributed by atoms with van der Waals surface area (Å²) in [5.74, 6) is 0.0233. The summed E-state index contributed by atoms with van der Waals surface area (Å²) in [7, 11) is -1.72. The summed E-state index contributed by atoms with van der Waals surface area (Å²) in [5, 5.41) is 0. The van der Waals surface area contributed by atoms with Gasteiger partial charge in [-0.3, -0.25) is 0 Å². The lowest BCUT2D eigenvalue weighted by atomic mass is 10.2. The minimum Gasteiger partial charge on any atom is -0.329 e. The molecule has 0 aliphatic carbocycles. The predicted molar refractivity (Wildman–Crippen MR) is 70.1 cm³/mol. The molecule has 96 valence electrons. The second kappa shape index (κ2) is 5.62. The second-order valence-corrected chi connectivity index (χ2v) is 6.37. The quantitative estimate of drug-likeness (QED) is 0.858. The first-order valence-electron chi connectivity index (χ1n) is 5.58. The molecular formula is C12H20N2O2S. The van der Waals surface area contributed by atoms with Crippen molar-refractivity contribution in [3.63, 3.8) is 0 Å². The van der Waals surface area contributed by atoms with E-state index < -0.39 is 10.0 Å². The Balaban J connectivity index is 2.87. The molecule has 0 aliphatic heterocycles. The third-order valence-electron chi connectivity index (χ3n) is 2.83. The topological polar surface area (TPSA) is 63.4 Å². The lowest BCUT2D eigenvalue weighted by molar-refractivity contribution is 0.394. The van der Waals surface area contributed by atoms with E-state index >= 15 is 0 Å². The number of rotatable bonds is 5. The van der Waals surface area contributed by atoms with Crippen LogP contribution < -0.4 is 5.73 Å². The molecule has 0 saturated carbocycles. The number of nitrogens with zero attached hydrogens (tertiary/aromatic N) is 1. The van der Waals surface area contributed by atoms with Crippen LogP contribution in [-0.2, 0) is 15.8 Å². The minimum atomic E-state index is -3.29. The predicted octanol–water partition coefficient (Wildman–Crippen LogP) is 1.10. The van der Waals surface area contributed by atoms with E-state index in [1.165, 1.54) is 4.31 Å². The van der Waals surface area contributed by atoms with Crippen molar-refractivity contribution in [1.82, 2.24) is 4.31 Å². The number of benzene rings is 1. The maximum atomic E-state index is 12.1. The summed E-state index contributed by atoms with van der Waals surface area (Å²) in [5.41, 5.74) is 7.35. The molecule has 1 aromatic rings. The van der Waals surface area contributed by atoms with E-state index in [4.69, 9.17) is 5.73 Å². The molecule has 0 aromatic heterocycles. The third-order valence-corrected chi connectivity index (χ3v) is 4.77. The smallest absolute Gasteiger partial charge is 0.218 e. The van der Waals surface area contributed by atoms with Gasteiger partial charge in [-0.1, -0.05) is 29.8 Å². The molecule has 1 rings (SSSR count). The zero-order valence-electron chi connectivity index (χ0n) is 10.6. The fourth-order valence-corrected chi connectivity index (χ4v) is 2.98. The van der Waals surface area contributed by atoms with Crippen LogP contribution in [0.3, 0.4) is 0 Å². The van der Waals surface area contributed by atoms with Crippen LogP contribution in [0.25, 0.3) is 0 Å². The summed E-state index contributed by atoms with van der Waals surface area (Å²) in [6.07, 6.45) is 0. The van der Waals surface area contributed by atoms with Crippen molar-refractivity contribution in [2.45, 2.75) is 25.6 Å². The van der Waals surface area contributed by atoms with Crippen molar-refractivity contribution in [1.29, 1.82) is 0 Å². The van der Waals surface area contributed by atoms with Gasteiger partial charge >= 0.3 is 0 Å².